The Labute approximate surface area is 190 Å². The van der Waals surface area contributed by atoms with Gasteiger partial charge in [-0.3, -0.25) is 9.59 Å². The monoisotopic (exact) mass is 488 g/mol. The molecular weight excluding hydrogens is 468 g/mol. The van der Waals surface area contributed by atoms with E-state index in [4.69, 9.17) is 0 Å². The van der Waals surface area contributed by atoms with Gasteiger partial charge in [0.25, 0.3) is 20.0 Å². The number of benzene rings is 2. The van der Waals surface area contributed by atoms with Gasteiger partial charge < -0.3 is 10.6 Å². The molecule has 3 rings (SSSR count). The van der Waals surface area contributed by atoms with Crippen LogP contribution in [0.25, 0.3) is 0 Å². The number of carbonyl (C=O) groups is 2. The molecule has 0 spiro atoms. The molecule has 1 heterocycles. The van der Waals surface area contributed by atoms with Crippen molar-refractivity contribution < 1.29 is 26.4 Å². The highest BCUT2D eigenvalue weighted by molar-refractivity contribution is 7.90. The highest BCUT2D eigenvalue weighted by atomic mass is 32.2. The Bertz CT molecular complexity index is 1470. The molecule has 12 heteroatoms. The number of nitrogens with zero attached hydrogens (tertiary/aromatic N) is 2. The summed E-state index contributed by atoms with van der Waals surface area (Å²) in [6.07, 6.45) is 1.19. The van der Waals surface area contributed by atoms with E-state index in [1.165, 1.54) is 86.8 Å². The van der Waals surface area contributed by atoms with Crippen LogP contribution in [0.4, 0.5) is 11.4 Å². The molecule has 1 aromatic heterocycles. The second kappa shape index (κ2) is 9.38. The number of pyridine rings is 1. The van der Waals surface area contributed by atoms with Crippen LogP contribution in [-0.2, 0) is 29.6 Å². The highest BCUT2D eigenvalue weighted by Gasteiger charge is 2.19. The Kier molecular flexibility index (Phi) is 6.79. The average Bonchev–Trinajstić information content (AvgIpc) is 2.74. The summed E-state index contributed by atoms with van der Waals surface area (Å²) in [6.45, 7) is 2.65. The fraction of sp³-hybridized carbons (Fsp3) is 0.0952. The lowest BCUT2D eigenvalue weighted by Crippen LogP contribution is -2.28. The maximum absolute atomic E-state index is 13.1. The Balaban J connectivity index is 2.03. The van der Waals surface area contributed by atoms with Crippen LogP contribution >= 0.6 is 0 Å². The Morgan fingerprint density at radius 1 is 0.727 bits per heavy atom. The molecule has 0 radical (unpaired) electrons. The van der Waals surface area contributed by atoms with Crippen LogP contribution in [0, 0.1) is 0 Å². The molecule has 3 aromatic rings. The Morgan fingerprint density at radius 2 is 1.21 bits per heavy atom. The van der Waals surface area contributed by atoms with Crippen LogP contribution in [0.2, 0.25) is 0 Å². The number of hydrogen-bond acceptors (Lipinski definition) is 6. The summed E-state index contributed by atoms with van der Waals surface area (Å²) in [5, 5.41) is 5.06. The molecule has 0 atom stereocenters. The third-order valence-electron chi connectivity index (χ3n) is 4.22. The summed E-state index contributed by atoms with van der Waals surface area (Å²) in [7, 11) is -8.46. The zero-order valence-corrected chi connectivity index (χ0v) is 19.2. The minimum atomic E-state index is -4.26. The van der Waals surface area contributed by atoms with Crippen LogP contribution in [0.3, 0.4) is 0 Å². The standard InChI is InChI=1S/C21H20N4O6S2/c1-15(26)22-17-6-10-19(11-7-17)32(28,29)24-21-5-3-4-14-25(21)33(30,31)20-12-8-18(9-13-20)23-16(2)27/h3-14H,1-2H3,(H,22,26)(H,23,27)/b24-21+. The van der Waals surface area contributed by atoms with Crippen molar-refractivity contribution in [1.82, 2.24) is 3.97 Å². The third-order valence-corrected chi connectivity index (χ3v) is 7.21. The van der Waals surface area contributed by atoms with Crippen LogP contribution in [0.1, 0.15) is 13.8 Å². The van der Waals surface area contributed by atoms with Crippen molar-refractivity contribution in [1.29, 1.82) is 0 Å². The number of carbonyl (C=O) groups excluding carboxylic acids is 2. The molecule has 0 fully saturated rings. The molecule has 0 aliphatic heterocycles. The highest BCUT2D eigenvalue weighted by Crippen LogP contribution is 2.18. The van der Waals surface area contributed by atoms with Crippen molar-refractivity contribution in [3.05, 3.63) is 78.4 Å². The van der Waals surface area contributed by atoms with E-state index in [1.807, 2.05) is 0 Å². The van der Waals surface area contributed by atoms with Crippen molar-refractivity contribution in [2.75, 3.05) is 10.6 Å². The zero-order chi connectivity index (χ0) is 24.2. The summed E-state index contributed by atoms with van der Waals surface area (Å²) in [6, 6.07) is 14.9. The number of sulfonamides is 1. The lowest BCUT2D eigenvalue weighted by molar-refractivity contribution is -0.115. The smallest absolute Gasteiger partial charge is 0.284 e. The maximum Gasteiger partial charge on any atom is 0.284 e. The second-order valence-electron chi connectivity index (χ2n) is 6.84. The topological polar surface area (TPSA) is 144 Å². The number of hydrogen-bond donors (Lipinski definition) is 2. The fourth-order valence-electron chi connectivity index (χ4n) is 2.81. The van der Waals surface area contributed by atoms with Gasteiger partial charge >= 0.3 is 0 Å². The Morgan fingerprint density at radius 3 is 1.70 bits per heavy atom. The Hall–Kier alpha value is -3.77. The van der Waals surface area contributed by atoms with E-state index < -0.39 is 20.0 Å². The van der Waals surface area contributed by atoms with Crippen molar-refractivity contribution in [2.24, 2.45) is 4.40 Å². The molecule has 0 unspecified atom stereocenters. The molecule has 10 nitrogen and oxygen atoms in total. The van der Waals surface area contributed by atoms with Crippen LogP contribution in [0.15, 0.2) is 87.1 Å². The van der Waals surface area contributed by atoms with Gasteiger partial charge in [-0.2, -0.15) is 8.42 Å². The first-order chi connectivity index (χ1) is 15.5. The third kappa shape index (κ3) is 5.73. The van der Waals surface area contributed by atoms with E-state index in [0.717, 1.165) is 3.97 Å². The predicted molar refractivity (Wildman–Crippen MR) is 121 cm³/mol. The van der Waals surface area contributed by atoms with Crippen molar-refractivity contribution in [3.63, 3.8) is 0 Å². The van der Waals surface area contributed by atoms with E-state index in [9.17, 15) is 26.4 Å². The van der Waals surface area contributed by atoms with Gasteiger partial charge in [-0.1, -0.05) is 6.07 Å². The van der Waals surface area contributed by atoms with Gasteiger partial charge in [0.05, 0.1) is 9.79 Å². The SMILES string of the molecule is CC(=O)Nc1ccc(S(=O)(=O)/N=c2\ccccn2S(=O)(=O)c2ccc(NC(C)=O)cc2)cc1. The number of anilines is 2. The van der Waals surface area contributed by atoms with E-state index in [2.05, 4.69) is 15.0 Å². The van der Waals surface area contributed by atoms with E-state index in [1.54, 1.807) is 0 Å². The van der Waals surface area contributed by atoms with Gasteiger partial charge in [-0.25, -0.2) is 12.4 Å². The molecule has 0 aliphatic carbocycles. The molecule has 0 saturated carbocycles. The first-order valence-electron chi connectivity index (χ1n) is 9.49. The molecule has 33 heavy (non-hydrogen) atoms. The van der Waals surface area contributed by atoms with E-state index in [-0.39, 0.29) is 27.1 Å². The molecule has 2 N–H and O–H groups in total. The molecule has 0 aliphatic rings. The van der Waals surface area contributed by atoms with Gasteiger partial charge in [0, 0.05) is 31.4 Å². The summed E-state index contributed by atoms with van der Waals surface area (Å²) in [5.74, 6) is -0.615. The van der Waals surface area contributed by atoms with Crippen molar-refractivity contribution in [3.8, 4) is 0 Å². The first kappa shape index (κ1) is 23.9. The number of rotatable bonds is 6. The zero-order valence-electron chi connectivity index (χ0n) is 17.6. The molecule has 172 valence electrons. The summed E-state index contributed by atoms with van der Waals surface area (Å²) in [4.78, 5) is 22.0. The molecule has 2 aromatic carbocycles. The summed E-state index contributed by atoms with van der Waals surface area (Å²) in [5.41, 5.74) is 0.491. The van der Waals surface area contributed by atoms with Crippen LogP contribution in [0.5, 0.6) is 0 Å². The van der Waals surface area contributed by atoms with E-state index in [0.29, 0.717) is 11.4 Å². The lowest BCUT2D eigenvalue weighted by Gasteiger charge is -2.10. The number of amides is 2. The van der Waals surface area contributed by atoms with Crippen molar-refractivity contribution in [2.45, 2.75) is 23.6 Å². The average molecular weight is 489 g/mol. The van der Waals surface area contributed by atoms with Gasteiger partial charge in [0.1, 0.15) is 0 Å². The minimum Gasteiger partial charge on any atom is -0.326 e. The first-order valence-corrected chi connectivity index (χ1v) is 12.4. The predicted octanol–water partition coefficient (Wildman–Crippen LogP) is 1.93. The van der Waals surface area contributed by atoms with E-state index >= 15 is 0 Å². The largest absolute Gasteiger partial charge is 0.326 e. The quantitative estimate of drug-likeness (QED) is 0.543. The minimum absolute atomic E-state index is 0.124. The maximum atomic E-state index is 13.1. The normalized spacial score (nSPS) is 12.2. The van der Waals surface area contributed by atoms with Crippen LogP contribution in [-0.4, -0.2) is 32.6 Å². The van der Waals surface area contributed by atoms with Gasteiger partial charge in [0.2, 0.25) is 11.8 Å². The summed E-state index contributed by atoms with van der Waals surface area (Å²) < 4.78 is 56.3. The molecule has 2 amide bonds. The van der Waals surface area contributed by atoms with Gasteiger partial charge in [0.15, 0.2) is 5.49 Å². The number of nitrogens with one attached hydrogen (secondary N) is 2. The lowest BCUT2D eigenvalue weighted by atomic mass is 10.3. The number of aromatic nitrogens is 1. The van der Waals surface area contributed by atoms with Gasteiger partial charge in [-0.05, 0) is 60.7 Å². The van der Waals surface area contributed by atoms with Crippen molar-refractivity contribution >= 4 is 43.2 Å². The summed E-state index contributed by atoms with van der Waals surface area (Å²) >= 11 is 0. The molecule has 0 bridgehead atoms. The molecule has 0 saturated heterocycles. The second-order valence-corrected chi connectivity index (χ2v) is 10.3. The molecular formula is C21H20N4O6S2. The van der Waals surface area contributed by atoms with Gasteiger partial charge in [-0.15, -0.1) is 4.40 Å². The van der Waals surface area contributed by atoms with Crippen LogP contribution < -0.4 is 16.1 Å². The fourth-order valence-corrected chi connectivity index (χ4v) is 5.13.